The molecule has 5 aromatic carbocycles. The van der Waals surface area contributed by atoms with Crippen LogP contribution < -0.4 is 31.1 Å². The highest BCUT2D eigenvalue weighted by Crippen LogP contribution is 2.54. The van der Waals surface area contributed by atoms with Crippen molar-refractivity contribution < 1.29 is 0 Å². The lowest BCUT2D eigenvalue weighted by molar-refractivity contribution is 0.332. The van der Waals surface area contributed by atoms with Crippen LogP contribution in [0.25, 0.3) is 5.47 Å². The van der Waals surface area contributed by atoms with Crippen molar-refractivity contribution in [2.24, 2.45) is 0 Å². The van der Waals surface area contributed by atoms with Crippen LogP contribution >= 0.6 is 0 Å². The number of anilines is 5. The molecule has 2 aliphatic carbocycles. The van der Waals surface area contributed by atoms with E-state index in [1.807, 2.05) is 0 Å². The minimum Gasteiger partial charge on any atom is -0.320 e. The molecule has 10 rings (SSSR count). The molecule has 0 fully saturated rings. The fraction of sp³-hybridized carbons (Fsp3) is 0.458. The Morgan fingerprint density at radius 3 is 1.67 bits per heavy atom. The maximum Gasteiger partial charge on any atom is 0.251 e. The molecule has 0 N–H and O–H groups in total. The lowest BCUT2D eigenvalue weighted by Crippen LogP contribution is -2.56. The topological polar surface area (TPSA) is 6.48 Å². The Labute approximate surface area is 391 Å². The van der Waals surface area contributed by atoms with E-state index in [1.54, 1.807) is 5.56 Å². The van der Waals surface area contributed by atoms with Crippen molar-refractivity contribution in [3.63, 3.8) is 0 Å². The van der Waals surface area contributed by atoms with E-state index in [-0.39, 0.29) is 39.2 Å². The van der Waals surface area contributed by atoms with E-state index in [1.165, 1.54) is 125 Å². The van der Waals surface area contributed by atoms with Crippen LogP contribution in [0.1, 0.15) is 167 Å². The van der Waals surface area contributed by atoms with E-state index < -0.39 is 8.80 Å². The Balaban J connectivity index is 1.35. The molecule has 5 aromatic rings. The molecule has 3 heterocycles. The SMILES string of the molecule is Cc1cc2c3c(c1)N(c1ccc4c(c1)C(C)(C)CCC4(C)C)c1cc4c(cc1B3C1=C([Si]c3ccc(C(C)(C)C)cc31)N2c1ccc(C(C)(C)C)cc1[Si](C)C)C(C)(C)CCC4(C)C. The van der Waals surface area contributed by atoms with Crippen molar-refractivity contribution in [1.82, 2.24) is 0 Å². The molecule has 0 saturated heterocycles. The van der Waals surface area contributed by atoms with Gasteiger partial charge in [0.15, 0.2) is 0 Å². The number of fused-ring (bicyclic) bond motifs is 7. The summed E-state index contributed by atoms with van der Waals surface area (Å²) in [6.07, 6.45) is 4.80. The molecular weight excluding hydrogens is 804 g/mol. The van der Waals surface area contributed by atoms with E-state index in [4.69, 9.17) is 0 Å². The number of benzene rings is 5. The molecule has 5 aliphatic rings. The van der Waals surface area contributed by atoms with Crippen LogP contribution in [-0.2, 0) is 32.5 Å². The van der Waals surface area contributed by atoms with Gasteiger partial charge in [-0.2, -0.15) is 0 Å². The number of rotatable bonds is 3. The summed E-state index contributed by atoms with van der Waals surface area (Å²) in [5, 5.41) is 4.51. The summed E-state index contributed by atoms with van der Waals surface area (Å²) in [6.45, 7) is 41.6. The van der Waals surface area contributed by atoms with Gasteiger partial charge in [0, 0.05) is 33.8 Å². The molecule has 3 aliphatic heterocycles. The summed E-state index contributed by atoms with van der Waals surface area (Å²) in [7, 11) is -0.281. The largest absolute Gasteiger partial charge is 0.320 e. The van der Waals surface area contributed by atoms with Crippen molar-refractivity contribution >= 4 is 80.2 Å². The van der Waals surface area contributed by atoms with Crippen LogP contribution in [0.15, 0.2) is 84.2 Å². The van der Waals surface area contributed by atoms with Crippen LogP contribution in [0.5, 0.6) is 0 Å². The van der Waals surface area contributed by atoms with Crippen LogP contribution in [0, 0.1) is 6.92 Å². The van der Waals surface area contributed by atoms with E-state index in [9.17, 15) is 0 Å². The zero-order valence-electron chi connectivity index (χ0n) is 42.3. The zero-order valence-corrected chi connectivity index (χ0v) is 44.3. The van der Waals surface area contributed by atoms with Gasteiger partial charge in [0.1, 0.15) is 9.52 Å². The fourth-order valence-electron chi connectivity index (χ4n) is 12.2. The number of hydrogen-bond donors (Lipinski definition) is 0. The van der Waals surface area contributed by atoms with Gasteiger partial charge in [0.2, 0.25) is 0 Å². The molecule has 2 nitrogen and oxygen atoms in total. The maximum atomic E-state index is 2.79. The van der Waals surface area contributed by atoms with Gasteiger partial charge in [-0.25, -0.2) is 0 Å². The maximum absolute atomic E-state index is 2.79. The summed E-state index contributed by atoms with van der Waals surface area (Å²) in [4.78, 5) is 5.53. The minimum atomic E-state index is -0.855. The third kappa shape index (κ3) is 6.58. The highest BCUT2D eigenvalue weighted by Gasteiger charge is 2.50. The Morgan fingerprint density at radius 1 is 0.547 bits per heavy atom. The Bertz CT molecular complexity index is 2840. The van der Waals surface area contributed by atoms with Gasteiger partial charge in [0.25, 0.3) is 6.71 Å². The smallest absolute Gasteiger partial charge is 0.251 e. The van der Waals surface area contributed by atoms with E-state index in [0.717, 1.165) is 0 Å². The van der Waals surface area contributed by atoms with Gasteiger partial charge in [-0.05, 0) is 173 Å². The van der Waals surface area contributed by atoms with Crippen molar-refractivity contribution in [1.29, 1.82) is 0 Å². The molecule has 0 amide bonds. The third-order valence-electron chi connectivity index (χ3n) is 16.5. The first-order valence-corrected chi connectivity index (χ1v) is 27.9. The second-order valence-electron chi connectivity index (χ2n) is 25.4. The quantitative estimate of drug-likeness (QED) is 0.167. The average molecular weight is 876 g/mol. The number of nitrogens with zero attached hydrogens (tertiary/aromatic N) is 2. The second kappa shape index (κ2) is 14.0. The van der Waals surface area contributed by atoms with Crippen molar-refractivity contribution in [3.05, 3.63) is 129 Å². The summed E-state index contributed by atoms with van der Waals surface area (Å²) in [5.41, 5.74) is 23.5. The summed E-state index contributed by atoms with van der Waals surface area (Å²) >= 11 is 0. The van der Waals surface area contributed by atoms with Crippen molar-refractivity contribution in [3.8, 4) is 0 Å². The normalized spacial score (nSPS) is 19.8. The zero-order chi connectivity index (χ0) is 46.0. The molecule has 329 valence electrons. The lowest BCUT2D eigenvalue weighted by atomic mass is 9.32. The van der Waals surface area contributed by atoms with E-state index >= 15 is 0 Å². The van der Waals surface area contributed by atoms with Gasteiger partial charge in [-0.1, -0.05) is 152 Å². The predicted molar refractivity (Wildman–Crippen MR) is 283 cm³/mol. The summed E-state index contributed by atoms with van der Waals surface area (Å²) in [6, 6.07) is 33.2. The Kier molecular flexibility index (Phi) is 9.57. The molecule has 64 heavy (non-hydrogen) atoms. The molecule has 0 unspecified atom stereocenters. The average Bonchev–Trinajstić information content (AvgIpc) is 3.58. The predicted octanol–water partition coefficient (Wildman–Crippen LogP) is 13.0. The van der Waals surface area contributed by atoms with Crippen LogP contribution in [0.3, 0.4) is 0 Å². The molecule has 0 saturated carbocycles. The van der Waals surface area contributed by atoms with Crippen LogP contribution in [0.4, 0.5) is 28.4 Å². The van der Waals surface area contributed by atoms with E-state index in [2.05, 4.69) is 206 Å². The first-order valence-electron chi connectivity index (χ1n) is 24.4. The standard InChI is InChI=1S/C59H72BN2Si2/c1-35-28-47-52-48(29-35)62(45-22-18-37(55(5,6)7)31-50(45)64(16)17)53-51(39-30-36(54(2,3)4)19-23-49(39)63-53)60(52)44-33-42-43(59(14,15)27-26-58(42,12)13)34-46(44)61(47)38-20-21-40-41(32-38)57(10,11)25-24-56(40,8)9/h18-23,28-34H,24-27H2,1-17H3. The summed E-state index contributed by atoms with van der Waals surface area (Å²) < 4.78 is 0. The Hall–Kier alpha value is -4.06. The van der Waals surface area contributed by atoms with Crippen LogP contribution in [-0.4, -0.2) is 25.0 Å². The van der Waals surface area contributed by atoms with Crippen LogP contribution in [0.2, 0.25) is 13.1 Å². The van der Waals surface area contributed by atoms with E-state index in [0.29, 0.717) is 9.52 Å². The molecular formula is C59H72BN2Si2. The first kappa shape index (κ1) is 43.8. The monoisotopic (exact) mass is 876 g/mol. The number of hydrogen-bond acceptors (Lipinski definition) is 2. The van der Waals surface area contributed by atoms with Crippen molar-refractivity contribution in [2.75, 3.05) is 9.80 Å². The highest BCUT2D eigenvalue weighted by atomic mass is 28.3. The minimum absolute atomic E-state index is 0.0401. The Morgan fingerprint density at radius 2 is 1.08 bits per heavy atom. The molecule has 0 bridgehead atoms. The molecule has 0 atom stereocenters. The van der Waals surface area contributed by atoms with Gasteiger partial charge in [-0.15, -0.1) is 0 Å². The molecule has 0 spiro atoms. The molecule has 0 aromatic heterocycles. The van der Waals surface area contributed by atoms with Crippen molar-refractivity contribution in [2.45, 2.75) is 175 Å². The molecule has 5 heteroatoms. The fourth-order valence-corrected chi connectivity index (χ4v) is 14.8. The highest BCUT2D eigenvalue weighted by molar-refractivity contribution is 7.05. The second-order valence-corrected chi connectivity index (χ2v) is 29.2. The van der Waals surface area contributed by atoms with Gasteiger partial charge in [0.05, 0.1) is 8.80 Å². The van der Waals surface area contributed by atoms with Gasteiger partial charge >= 0.3 is 0 Å². The first-order chi connectivity index (χ1) is 29.7. The van der Waals surface area contributed by atoms with Gasteiger partial charge < -0.3 is 9.80 Å². The summed E-state index contributed by atoms with van der Waals surface area (Å²) in [5.74, 6) is 0. The van der Waals surface area contributed by atoms with Gasteiger partial charge in [-0.3, -0.25) is 0 Å². The number of aryl methyl sites for hydroxylation is 1. The molecule has 3 radical (unpaired) electrons. The third-order valence-corrected chi connectivity index (χ3v) is 19.4. The lowest BCUT2D eigenvalue weighted by Gasteiger charge is -2.48.